The number of nitrogens with zero attached hydrogens (tertiary/aromatic N) is 5. The molecule has 154 valence electrons. The number of hydrogen-bond acceptors (Lipinski definition) is 6. The highest BCUT2D eigenvalue weighted by molar-refractivity contribution is 5.80. The van der Waals surface area contributed by atoms with Gasteiger partial charge in [0.2, 0.25) is 0 Å². The summed E-state index contributed by atoms with van der Waals surface area (Å²) in [6, 6.07) is 13.0. The maximum absolute atomic E-state index is 13.3. The van der Waals surface area contributed by atoms with Gasteiger partial charge in [0, 0.05) is 38.3 Å². The molecule has 2 heterocycles. The van der Waals surface area contributed by atoms with E-state index in [-0.39, 0.29) is 16.6 Å². The first kappa shape index (κ1) is 19.5. The van der Waals surface area contributed by atoms with Gasteiger partial charge in [-0.25, -0.2) is 9.78 Å². The Bertz CT molecular complexity index is 1170. The Labute approximate surface area is 170 Å². The Hall–Kier alpha value is -3.79. The molecule has 1 aromatic heterocycles. The molecule has 30 heavy (non-hydrogen) atoms. The maximum atomic E-state index is 13.3. The summed E-state index contributed by atoms with van der Waals surface area (Å²) in [5.41, 5.74) is 0.451. The maximum Gasteiger partial charge on any atom is 0.407 e. The average molecular weight is 409 g/mol. The predicted octanol–water partition coefficient (Wildman–Crippen LogP) is 2.09. The molecule has 0 unspecified atom stereocenters. The Morgan fingerprint density at radius 3 is 2.43 bits per heavy atom. The van der Waals surface area contributed by atoms with E-state index < -0.39 is 11.0 Å². The lowest BCUT2D eigenvalue weighted by Gasteiger charge is -2.33. The minimum Gasteiger partial charge on any atom is -0.465 e. The zero-order valence-electron chi connectivity index (χ0n) is 16.0. The van der Waals surface area contributed by atoms with Crippen molar-refractivity contribution in [1.82, 2.24) is 19.4 Å². The number of aromatic nitrogens is 2. The van der Waals surface area contributed by atoms with Crippen molar-refractivity contribution in [2.75, 3.05) is 26.2 Å². The van der Waals surface area contributed by atoms with Gasteiger partial charge in [0.15, 0.2) is 0 Å². The highest BCUT2D eigenvalue weighted by atomic mass is 16.6. The molecule has 10 heteroatoms. The van der Waals surface area contributed by atoms with Crippen LogP contribution in [0.15, 0.2) is 53.3 Å². The second kappa shape index (κ2) is 7.91. The number of carbonyl (C=O) groups is 1. The number of fused-ring (bicyclic) bond motifs is 1. The van der Waals surface area contributed by atoms with Crippen LogP contribution >= 0.6 is 0 Å². The fraction of sp³-hybridized carbons (Fsp3) is 0.250. The molecule has 0 spiro atoms. The molecule has 0 aliphatic carbocycles. The summed E-state index contributed by atoms with van der Waals surface area (Å²) >= 11 is 0. The van der Waals surface area contributed by atoms with Crippen molar-refractivity contribution < 1.29 is 14.8 Å². The highest BCUT2D eigenvalue weighted by Gasteiger charge is 2.23. The Kier molecular flexibility index (Phi) is 5.15. The average Bonchev–Trinajstić information content (AvgIpc) is 2.74. The van der Waals surface area contributed by atoms with E-state index in [0.717, 1.165) is 0 Å². The zero-order valence-corrected chi connectivity index (χ0v) is 16.0. The summed E-state index contributed by atoms with van der Waals surface area (Å²) in [6.07, 6.45) is -0.943. The first-order valence-corrected chi connectivity index (χ1v) is 9.40. The predicted molar refractivity (Wildman–Crippen MR) is 109 cm³/mol. The molecule has 1 aliphatic rings. The van der Waals surface area contributed by atoms with Crippen LogP contribution < -0.4 is 5.56 Å². The summed E-state index contributed by atoms with van der Waals surface area (Å²) in [5, 5.41) is 20.4. The van der Waals surface area contributed by atoms with Crippen molar-refractivity contribution >= 4 is 22.7 Å². The number of piperazine rings is 1. The summed E-state index contributed by atoms with van der Waals surface area (Å²) in [6.45, 7) is 2.16. The van der Waals surface area contributed by atoms with Gasteiger partial charge in [-0.15, -0.1) is 0 Å². The van der Waals surface area contributed by atoms with Gasteiger partial charge in [0.25, 0.3) is 11.2 Å². The van der Waals surface area contributed by atoms with Gasteiger partial charge in [-0.05, 0) is 18.2 Å². The van der Waals surface area contributed by atoms with Gasteiger partial charge < -0.3 is 10.0 Å². The lowest BCUT2D eigenvalue weighted by molar-refractivity contribution is -0.384. The van der Waals surface area contributed by atoms with Gasteiger partial charge in [0.05, 0.1) is 28.1 Å². The molecule has 1 fully saturated rings. The third kappa shape index (κ3) is 3.72. The van der Waals surface area contributed by atoms with E-state index in [1.54, 1.807) is 24.3 Å². The first-order chi connectivity index (χ1) is 14.4. The SMILES string of the molecule is O=C(O)N1CCN(Cc2nc3ccc([N+](=O)[O-])cc3c(=O)n2-c2ccccc2)CC1. The van der Waals surface area contributed by atoms with Gasteiger partial charge >= 0.3 is 6.09 Å². The zero-order chi connectivity index (χ0) is 21.3. The first-order valence-electron chi connectivity index (χ1n) is 9.40. The molecular weight excluding hydrogens is 390 g/mol. The number of hydrogen-bond donors (Lipinski definition) is 1. The molecule has 1 amide bonds. The molecule has 4 rings (SSSR count). The Morgan fingerprint density at radius 2 is 1.80 bits per heavy atom. The van der Waals surface area contributed by atoms with E-state index in [2.05, 4.69) is 4.98 Å². The molecule has 1 N–H and O–H groups in total. The second-order valence-electron chi connectivity index (χ2n) is 7.01. The summed E-state index contributed by atoms with van der Waals surface area (Å²) in [4.78, 5) is 43.1. The van der Waals surface area contributed by atoms with Gasteiger partial charge in [-0.1, -0.05) is 18.2 Å². The molecule has 0 bridgehead atoms. The number of nitro groups is 1. The molecular formula is C20H19N5O5. The van der Waals surface area contributed by atoms with Crippen molar-refractivity contribution in [1.29, 1.82) is 0 Å². The van der Waals surface area contributed by atoms with E-state index in [1.165, 1.54) is 27.7 Å². The van der Waals surface area contributed by atoms with Crippen LogP contribution in [0, 0.1) is 10.1 Å². The smallest absolute Gasteiger partial charge is 0.407 e. The number of amides is 1. The minimum atomic E-state index is -0.943. The molecule has 0 radical (unpaired) electrons. The normalized spacial score (nSPS) is 14.7. The van der Waals surface area contributed by atoms with E-state index in [1.807, 2.05) is 11.0 Å². The van der Waals surface area contributed by atoms with Crippen molar-refractivity contribution in [3.8, 4) is 5.69 Å². The summed E-state index contributed by atoms with van der Waals surface area (Å²) < 4.78 is 1.47. The third-order valence-electron chi connectivity index (χ3n) is 5.15. The molecule has 1 aliphatic heterocycles. The number of benzene rings is 2. The third-order valence-corrected chi connectivity index (χ3v) is 5.15. The number of para-hydroxylation sites is 1. The largest absolute Gasteiger partial charge is 0.465 e. The van der Waals surface area contributed by atoms with E-state index in [9.17, 15) is 19.7 Å². The molecule has 0 saturated carbocycles. The van der Waals surface area contributed by atoms with Crippen LogP contribution in [-0.2, 0) is 6.54 Å². The molecule has 10 nitrogen and oxygen atoms in total. The second-order valence-corrected chi connectivity index (χ2v) is 7.01. The van der Waals surface area contributed by atoms with Crippen LogP contribution in [0.2, 0.25) is 0 Å². The molecule has 2 aromatic carbocycles. The monoisotopic (exact) mass is 409 g/mol. The lowest BCUT2D eigenvalue weighted by atomic mass is 10.2. The van der Waals surface area contributed by atoms with Gasteiger partial charge in [-0.2, -0.15) is 0 Å². The Balaban J connectivity index is 1.78. The number of non-ortho nitro benzene ring substituents is 1. The standard InChI is InChI=1S/C20H19N5O5/c26-19-16-12-15(25(29)30)6-7-17(16)21-18(24(19)14-4-2-1-3-5-14)13-22-8-10-23(11-9-22)20(27)28/h1-7,12H,8-11,13H2,(H,27,28). The quantitative estimate of drug-likeness (QED) is 0.517. The van der Waals surface area contributed by atoms with Crippen LogP contribution in [-0.4, -0.2) is 61.7 Å². The van der Waals surface area contributed by atoms with Crippen molar-refractivity contribution in [3.63, 3.8) is 0 Å². The molecule has 0 atom stereocenters. The van der Waals surface area contributed by atoms with Crippen molar-refractivity contribution in [2.24, 2.45) is 0 Å². The fourth-order valence-electron chi connectivity index (χ4n) is 3.58. The van der Waals surface area contributed by atoms with Gasteiger partial charge in [-0.3, -0.25) is 24.4 Å². The van der Waals surface area contributed by atoms with Crippen molar-refractivity contribution in [2.45, 2.75) is 6.54 Å². The highest BCUT2D eigenvalue weighted by Crippen LogP contribution is 2.20. The van der Waals surface area contributed by atoms with Crippen LogP contribution in [0.25, 0.3) is 16.6 Å². The molecule has 3 aromatic rings. The van der Waals surface area contributed by atoms with E-state index in [0.29, 0.717) is 49.8 Å². The summed E-state index contributed by atoms with van der Waals surface area (Å²) in [5.74, 6) is 0.497. The lowest BCUT2D eigenvalue weighted by Crippen LogP contribution is -2.48. The number of nitro benzene ring substituents is 1. The van der Waals surface area contributed by atoms with Crippen molar-refractivity contribution in [3.05, 3.63) is 74.8 Å². The van der Waals surface area contributed by atoms with E-state index >= 15 is 0 Å². The van der Waals surface area contributed by atoms with Crippen LogP contribution in [0.3, 0.4) is 0 Å². The van der Waals surface area contributed by atoms with Gasteiger partial charge in [0.1, 0.15) is 5.82 Å². The minimum absolute atomic E-state index is 0.168. The molecule has 1 saturated heterocycles. The van der Waals surface area contributed by atoms with Crippen LogP contribution in [0.1, 0.15) is 5.82 Å². The number of rotatable bonds is 4. The van der Waals surface area contributed by atoms with Crippen LogP contribution in [0.4, 0.5) is 10.5 Å². The fourth-order valence-corrected chi connectivity index (χ4v) is 3.58. The Morgan fingerprint density at radius 1 is 1.10 bits per heavy atom. The number of carboxylic acid groups (broad SMARTS) is 1. The topological polar surface area (TPSA) is 122 Å². The van der Waals surface area contributed by atoms with Crippen LogP contribution in [0.5, 0.6) is 0 Å². The van der Waals surface area contributed by atoms with E-state index in [4.69, 9.17) is 5.11 Å². The summed E-state index contributed by atoms with van der Waals surface area (Å²) in [7, 11) is 0.